The third-order valence-electron chi connectivity index (χ3n) is 4.89. The Morgan fingerprint density at radius 1 is 1.32 bits per heavy atom. The molecule has 6 nitrogen and oxygen atoms in total. The van der Waals surface area contributed by atoms with Gasteiger partial charge in [0, 0.05) is 50.0 Å². The van der Waals surface area contributed by atoms with Crippen LogP contribution in [0.15, 0.2) is 24.3 Å². The first-order chi connectivity index (χ1) is 12.9. The van der Waals surface area contributed by atoms with Crippen LogP contribution < -0.4 is 11.1 Å². The molecule has 2 rings (SSSR count). The molecule has 8 heteroatoms. The summed E-state index contributed by atoms with van der Waals surface area (Å²) in [5.41, 5.74) is 5.65. The van der Waals surface area contributed by atoms with Crippen molar-refractivity contribution in [2.75, 3.05) is 19.6 Å². The fraction of sp³-hybridized carbons (Fsp3) is 0.550. The quantitative estimate of drug-likeness (QED) is 0.639. The third-order valence-corrected chi connectivity index (χ3v) is 4.89. The van der Waals surface area contributed by atoms with Crippen LogP contribution in [0.5, 0.6) is 0 Å². The Balaban J connectivity index is 0.00000392. The van der Waals surface area contributed by atoms with Crippen molar-refractivity contribution >= 4 is 30.0 Å². The Labute approximate surface area is 171 Å². The molecule has 156 valence electrons. The standard InChI is InChI=1S/C20H28FN3O3.ClH/c1-14(20(27)15-5-4-6-16(21)12-15)11-19(26)24-10-3-2-7-17(24)13-23-18(25)8-9-22;/h4-6,12,14,17H,2-3,7-11,13,22H2,1H3,(H,23,25);1H. The van der Waals surface area contributed by atoms with Gasteiger partial charge in [-0.05, 0) is 31.4 Å². The fourth-order valence-corrected chi connectivity index (χ4v) is 3.39. The van der Waals surface area contributed by atoms with Gasteiger partial charge in [-0.15, -0.1) is 12.4 Å². The number of amides is 2. The summed E-state index contributed by atoms with van der Waals surface area (Å²) in [4.78, 5) is 38.6. The van der Waals surface area contributed by atoms with E-state index in [9.17, 15) is 18.8 Å². The lowest BCUT2D eigenvalue weighted by Gasteiger charge is -2.36. The van der Waals surface area contributed by atoms with Gasteiger partial charge in [0.05, 0.1) is 0 Å². The van der Waals surface area contributed by atoms with Crippen molar-refractivity contribution < 1.29 is 18.8 Å². The Morgan fingerprint density at radius 3 is 2.75 bits per heavy atom. The van der Waals surface area contributed by atoms with Crippen LogP contribution in [0.2, 0.25) is 0 Å². The SMILES string of the molecule is CC(CC(=O)N1CCCCC1CNC(=O)CCN)C(=O)c1cccc(F)c1.Cl. The van der Waals surface area contributed by atoms with Gasteiger partial charge in [0.15, 0.2) is 5.78 Å². The van der Waals surface area contributed by atoms with Gasteiger partial charge < -0.3 is 16.0 Å². The molecule has 28 heavy (non-hydrogen) atoms. The molecular weight excluding hydrogens is 385 g/mol. The van der Waals surface area contributed by atoms with Crippen LogP contribution in [0.25, 0.3) is 0 Å². The van der Waals surface area contributed by atoms with Crippen molar-refractivity contribution in [1.29, 1.82) is 0 Å². The number of hydrogen-bond donors (Lipinski definition) is 2. The van der Waals surface area contributed by atoms with E-state index in [-0.39, 0.29) is 54.5 Å². The van der Waals surface area contributed by atoms with Gasteiger partial charge in [0.1, 0.15) is 5.82 Å². The minimum atomic E-state index is -0.534. The summed E-state index contributed by atoms with van der Waals surface area (Å²) in [5.74, 6) is -1.47. The number of carbonyl (C=O) groups is 3. The number of Topliss-reactive ketones (excluding diaryl/α,β-unsaturated/α-hetero) is 1. The number of nitrogens with two attached hydrogens (primary N) is 1. The number of likely N-dealkylation sites (tertiary alicyclic amines) is 1. The summed E-state index contributed by atoms with van der Waals surface area (Å²) in [6, 6.07) is 5.46. The molecule has 1 aromatic carbocycles. The summed E-state index contributed by atoms with van der Waals surface area (Å²) in [7, 11) is 0. The van der Waals surface area contributed by atoms with Crippen LogP contribution in [0, 0.1) is 11.7 Å². The van der Waals surface area contributed by atoms with E-state index in [1.807, 2.05) is 0 Å². The predicted octanol–water partition coefficient (Wildman–Crippen LogP) is 2.30. The van der Waals surface area contributed by atoms with Crippen molar-refractivity contribution in [2.24, 2.45) is 11.7 Å². The average Bonchev–Trinajstić information content (AvgIpc) is 2.66. The minimum absolute atomic E-state index is 0. The predicted molar refractivity (Wildman–Crippen MR) is 108 cm³/mol. The summed E-state index contributed by atoms with van der Waals surface area (Å²) >= 11 is 0. The highest BCUT2D eigenvalue weighted by Crippen LogP contribution is 2.21. The Morgan fingerprint density at radius 2 is 2.07 bits per heavy atom. The van der Waals surface area contributed by atoms with Crippen LogP contribution in [0.3, 0.4) is 0 Å². The molecule has 2 unspecified atom stereocenters. The van der Waals surface area contributed by atoms with Gasteiger partial charge in [-0.3, -0.25) is 14.4 Å². The van der Waals surface area contributed by atoms with Crippen LogP contribution in [-0.4, -0.2) is 48.2 Å². The molecule has 2 amide bonds. The van der Waals surface area contributed by atoms with Crippen LogP contribution in [0.1, 0.15) is 49.4 Å². The summed E-state index contributed by atoms with van der Waals surface area (Å²) in [5, 5.41) is 2.82. The first-order valence-corrected chi connectivity index (χ1v) is 9.48. The second-order valence-corrected chi connectivity index (χ2v) is 7.06. The largest absolute Gasteiger partial charge is 0.354 e. The van der Waals surface area contributed by atoms with Gasteiger partial charge in [0.25, 0.3) is 0 Å². The second-order valence-electron chi connectivity index (χ2n) is 7.06. The van der Waals surface area contributed by atoms with Crippen molar-refractivity contribution in [2.45, 2.75) is 45.1 Å². The van der Waals surface area contributed by atoms with E-state index in [0.717, 1.165) is 19.3 Å². The maximum atomic E-state index is 13.3. The lowest BCUT2D eigenvalue weighted by atomic mass is 9.94. The molecule has 0 bridgehead atoms. The maximum absolute atomic E-state index is 13.3. The second kappa shape index (κ2) is 11.8. The molecule has 1 aliphatic heterocycles. The number of piperidine rings is 1. The topological polar surface area (TPSA) is 92.5 Å². The molecular formula is C20H29ClFN3O3. The molecule has 1 aliphatic rings. The van der Waals surface area contributed by atoms with Gasteiger partial charge in [0.2, 0.25) is 11.8 Å². The minimum Gasteiger partial charge on any atom is -0.354 e. The van der Waals surface area contributed by atoms with Gasteiger partial charge >= 0.3 is 0 Å². The molecule has 0 aromatic heterocycles. The first-order valence-electron chi connectivity index (χ1n) is 9.48. The number of halogens is 2. The summed E-state index contributed by atoms with van der Waals surface area (Å²) < 4.78 is 13.3. The Kier molecular flexibility index (Phi) is 10.1. The Hall–Kier alpha value is -1.99. The molecule has 0 aliphatic carbocycles. The molecule has 1 saturated heterocycles. The van der Waals surface area contributed by atoms with Gasteiger partial charge in [-0.1, -0.05) is 19.1 Å². The number of nitrogens with zero attached hydrogens (tertiary/aromatic N) is 1. The number of hydrogen-bond acceptors (Lipinski definition) is 4. The smallest absolute Gasteiger partial charge is 0.223 e. The normalized spacial score (nSPS) is 17.4. The molecule has 1 heterocycles. The zero-order valence-corrected chi connectivity index (χ0v) is 17.0. The number of ketones is 1. The molecule has 2 atom stereocenters. The Bertz CT molecular complexity index is 686. The highest BCUT2D eigenvalue weighted by atomic mass is 35.5. The van der Waals surface area contributed by atoms with E-state index in [0.29, 0.717) is 19.6 Å². The fourth-order valence-electron chi connectivity index (χ4n) is 3.39. The lowest BCUT2D eigenvalue weighted by molar-refractivity contribution is -0.136. The van der Waals surface area contributed by atoms with Crippen LogP contribution in [0.4, 0.5) is 4.39 Å². The number of carbonyl (C=O) groups excluding carboxylic acids is 3. The zero-order chi connectivity index (χ0) is 19.8. The average molecular weight is 414 g/mol. The number of nitrogens with one attached hydrogen (secondary N) is 1. The van der Waals surface area contributed by atoms with Gasteiger partial charge in [-0.25, -0.2) is 4.39 Å². The van der Waals surface area contributed by atoms with E-state index in [1.54, 1.807) is 17.9 Å². The molecule has 1 aromatic rings. The van der Waals surface area contributed by atoms with E-state index in [4.69, 9.17) is 5.73 Å². The van der Waals surface area contributed by atoms with Crippen molar-refractivity contribution in [3.05, 3.63) is 35.6 Å². The molecule has 0 radical (unpaired) electrons. The van der Waals surface area contributed by atoms with E-state index >= 15 is 0 Å². The van der Waals surface area contributed by atoms with Crippen molar-refractivity contribution in [3.63, 3.8) is 0 Å². The van der Waals surface area contributed by atoms with Crippen LogP contribution in [-0.2, 0) is 9.59 Å². The van der Waals surface area contributed by atoms with E-state index in [2.05, 4.69) is 5.32 Å². The van der Waals surface area contributed by atoms with Crippen molar-refractivity contribution in [1.82, 2.24) is 10.2 Å². The third kappa shape index (κ3) is 6.87. The van der Waals surface area contributed by atoms with Crippen molar-refractivity contribution in [3.8, 4) is 0 Å². The molecule has 0 saturated carbocycles. The van der Waals surface area contributed by atoms with Gasteiger partial charge in [-0.2, -0.15) is 0 Å². The maximum Gasteiger partial charge on any atom is 0.223 e. The first kappa shape index (κ1) is 24.0. The summed E-state index contributed by atoms with van der Waals surface area (Å²) in [6.07, 6.45) is 3.06. The molecule has 1 fully saturated rings. The number of rotatable bonds is 8. The zero-order valence-electron chi connectivity index (χ0n) is 16.2. The monoisotopic (exact) mass is 413 g/mol. The summed E-state index contributed by atoms with van der Waals surface area (Å²) in [6.45, 7) is 3.00. The highest BCUT2D eigenvalue weighted by molar-refractivity contribution is 5.99. The van der Waals surface area contributed by atoms with E-state index < -0.39 is 11.7 Å². The number of benzene rings is 1. The lowest BCUT2D eigenvalue weighted by Crippen LogP contribution is -2.50. The highest BCUT2D eigenvalue weighted by Gasteiger charge is 2.29. The molecule has 0 spiro atoms. The van der Waals surface area contributed by atoms with Crippen LogP contribution >= 0.6 is 12.4 Å². The van der Waals surface area contributed by atoms with E-state index in [1.165, 1.54) is 18.2 Å². The molecule has 3 N–H and O–H groups in total.